The molecule has 1 heterocycles. The van der Waals surface area contributed by atoms with E-state index in [1.807, 2.05) is 19.1 Å². The van der Waals surface area contributed by atoms with Gasteiger partial charge in [0.1, 0.15) is 11.6 Å². The Morgan fingerprint density at radius 1 is 1.38 bits per heavy atom. The van der Waals surface area contributed by atoms with E-state index in [1.54, 1.807) is 7.11 Å². The van der Waals surface area contributed by atoms with Crippen molar-refractivity contribution in [1.82, 2.24) is 14.5 Å². The Morgan fingerprint density at radius 2 is 2.05 bits per heavy atom. The minimum Gasteiger partial charge on any atom is -0.497 e. The van der Waals surface area contributed by atoms with E-state index in [0.717, 1.165) is 29.2 Å². The smallest absolute Gasteiger partial charge is 0.127 e. The fourth-order valence-corrected chi connectivity index (χ4v) is 2.42. The summed E-state index contributed by atoms with van der Waals surface area (Å²) in [5.41, 5.74) is 2.02. The third-order valence-electron chi connectivity index (χ3n) is 4.10. The normalized spacial score (nSPS) is 13.9. The van der Waals surface area contributed by atoms with Crippen molar-refractivity contribution in [1.29, 1.82) is 0 Å². The molecule has 1 atom stereocenters. The first-order valence-corrected chi connectivity index (χ1v) is 7.55. The minimum absolute atomic E-state index is 0.00802. The molecule has 0 N–H and O–H groups in total. The van der Waals surface area contributed by atoms with Gasteiger partial charge in [-0.1, -0.05) is 0 Å². The van der Waals surface area contributed by atoms with E-state index in [2.05, 4.69) is 43.5 Å². The highest BCUT2D eigenvalue weighted by molar-refractivity contribution is 6.20. The van der Waals surface area contributed by atoms with Crippen LogP contribution in [0.4, 0.5) is 0 Å². The van der Waals surface area contributed by atoms with Crippen molar-refractivity contribution >= 4 is 22.6 Å². The van der Waals surface area contributed by atoms with Gasteiger partial charge in [0, 0.05) is 18.2 Å². The summed E-state index contributed by atoms with van der Waals surface area (Å²) in [6.07, 6.45) is 0. The number of hydrogen-bond acceptors (Lipinski definition) is 3. The molecule has 5 heteroatoms. The van der Waals surface area contributed by atoms with Crippen molar-refractivity contribution < 1.29 is 4.74 Å². The number of rotatable bonds is 5. The van der Waals surface area contributed by atoms with Crippen molar-refractivity contribution in [3.63, 3.8) is 0 Å². The zero-order valence-corrected chi connectivity index (χ0v) is 14.4. The van der Waals surface area contributed by atoms with Crippen LogP contribution in [-0.4, -0.2) is 41.2 Å². The summed E-state index contributed by atoms with van der Waals surface area (Å²) in [6.45, 7) is 7.21. The maximum atomic E-state index is 6.33. The molecular formula is C16H24ClN3O. The monoisotopic (exact) mass is 309 g/mol. The van der Waals surface area contributed by atoms with E-state index in [0.29, 0.717) is 0 Å². The zero-order chi connectivity index (χ0) is 15.8. The van der Waals surface area contributed by atoms with Gasteiger partial charge in [-0.3, -0.25) is 0 Å². The number of fused-ring (bicyclic) bond motifs is 1. The molecule has 0 amide bonds. The molecule has 0 aliphatic carbocycles. The quantitative estimate of drug-likeness (QED) is 0.789. The second-order valence-corrected chi connectivity index (χ2v) is 6.89. The Hall–Kier alpha value is -1.26. The number of methoxy groups -OCH3 is 1. The lowest BCUT2D eigenvalue weighted by Gasteiger charge is -2.33. The predicted octanol–water partition coefficient (Wildman–Crippen LogP) is 3.68. The van der Waals surface area contributed by atoms with Crippen molar-refractivity contribution in [2.45, 2.75) is 38.2 Å². The Labute approximate surface area is 131 Å². The average molecular weight is 310 g/mol. The first kappa shape index (κ1) is 16.1. The maximum absolute atomic E-state index is 6.33. The van der Waals surface area contributed by atoms with Crippen LogP contribution in [0.3, 0.4) is 0 Å². The number of benzene rings is 1. The van der Waals surface area contributed by atoms with Crippen LogP contribution in [0.25, 0.3) is 11.0 Å². The SMILES string of the molecule is COc1ccc2c(c1)nc(C(C)Cl)n2CC(C)(C)N(C)C. The number of likely N-dealkylation sites (N-methyl/N-ethyl adjacent to an activating group) is 1. The standard InChI is InChI=1S/C16H24ClN3O/c1-11(17)15-18-13-9-12(21-6)7-8-14(13)20(15)10-16(2,3)19(4)5/h7-9,11H,10H2,1-6H3. The summed E-state index contributed by atoms with van der Waals surface area (Å²) < 4.78 is 7.50. The van der Waals surface area contributed by atoms with Crippen LogP contribution in [0.2, 0.25) is 0 Å². The van der Waals surface area contributed by atoms with Crippen molar-refractivity contribution in [2.75, 3.05) is 21.2 Å². The van der Waals surface area contributed by atoms with Gasteiger partial charge in [0.15, 0.2) is 0 Å². The topological polar surface area (TPSA) is 30.3 Å². The molecule has 4 nitrogen and oxygen atoms in total. The lowest BCUT2D eigenvalue weighted by Crippen LogP contribution is -2.42. The highest BCUT2D eigenvalue weighted by atomic mass is 35.5. The van der Waals surface area contributed by atoms with E-state index in [1.165, 1.54) is 0 Å². The van der Waals surface area contributed by atoms with E-state index >= 15 is 0 Å². The number of ether oxygens (including phenoxy) is 1. The molecule has 0 bridgehead atoms. The molecule has 116 valence electrons. The number of alkyl halides is 1. The van der Waals surface area contributed by atoms with Crippen LogP contribution in [0.15, 0.2) is 18.2 Å². The summed E-state index contributed by atoms with van der Waals surface area (Å²) in [7, 11) is 5.84. The summed E-state index contributed by atoms with van der Waals surface area (Å²) in [4.78, 5) is 6.91. The molecule has 1 unspecified atom stereocenters. The molecule has 0 fully saturated rings. The first-order valence-electron chi connectivity index (χ1n) is 7.12. The van der Waals surface area contributed by atoms with Gasteiger partial charge in [-0.25, -0.2) is 4.98 Å². The number of hydrogen-bond donors (Lipinski definition) is 0. The van der Waals surface area contributed by atoms with Gasteiger partial charge in [0.05, 0.1) is 23.5 Å². The molecule has 0 saturated carbocycles. The van der Waals surface area contributed by atoms with Crippen molar-refractivity contribution in [3.8, 4) is 5.75 Å². The van der Waals surface area contributed by atoms with Gasteiger partial charge < -0.3 is 14.2 Å². The van der Waals surface area contributed by atoms with E-state index in [4.69, 9.17) is 21.3 Å². The van der Waals surface area contributed by atoms with Crippen LogP contribution in [0.5, 0.6) is 5.75 Å². The Bertz CT molecular complexity index is 632. The highest BCUT2D eigenvalue weighted by Gasteiger charge is 2.25. The van der Waals surface area contributed by atoms with E-state index < -0.39 is 0 Å². The van der Waals surface area contributed by atoms with Gasteiger partial charge in [0.25, 0.3) is 0 Å². The van der Waals surface area contributed by atoms with Crippen LogP contribution in [0, 0.1) is 0 Å². The van der Waals surface area contributed by atoms with Crippen molar-refractivity contribution in [3.05, 3.63) is 24.0 Å². The average Bonchev–Trinajstić information content (AvgIpc) is 2.76. The summed E-state index contributed by atoms with van der Waals surface area (Å²) in [6, 6.07) is 5.97. The Kier molecular flexibility index (Phi) is 4.49. The third-order valence-corrected chi connectivity index (χ3v) is 4.29. The molecule has 0 saturated heterocycles. The largest absolute Gasteiger partial charge is 0.497 e. The lowest BCUT2D eigenvalue weighted by atomic mass is 10.0. The highest BCUT2D eigenvalue weighted by Crippen LogP contribution is 2.29. The molecule has 0 aliphatic heterocycles. The second-order valence-electron chi connectivity index (χ2n) is 6.23. The summed E-state index contributed by atoms with van der Waals surface area (Å²) in [5, 5.41) is -0.138. The van der Waals surface area contributed by atoms with Crippen LogP contribution >= 0.6 is 11.6 Å². The number of halogens is 1. The number of imidazole rings is 1. The fraction of sp³-hybridized carbons (Fsp3) is 0.562. The zero-order valence-electron chi connectivity index (χ0n) is 13.6. The lowest BCUT2D eigenvalue weighted by molar-refractivity contribution is 0.170. The number of aromatic nitrogens is 2. The molecule has 1 aromatic carbocycles. The molecule has 21 heavy (non-hydrogen) atoms. The predicted molar refractivity (Wildman–Crippen MR) is 88.3 cm³/mol. The Balaban J connectivity index is 2.57. The molecule has 0 spiro atoms. The number of nitrogens with zero attached hydrogens (tertiary/aromatic N) is 3. The maximum Gasteiger partial charge on any atom is 0.127 e. The van der Waals surface area contributed by atoms with Crippen molar-refractivity contribution in [2.24, 2.45) is 0 Å². The fourth-order valence-electron chi connectivity index (χ4n) is 2.25. The molecule has 2 aromatic rings. The molecular weight excluding hydrogens is 286 g/mol. The third kappa shape index (κ3) is 3.16. The summed E-state index contributed by atoms with van der Waals surface area (Å²) in [5.74, 6) is 1.71. The summed E-state index contributed by atoms with van der Waals surface area (Å²) >= 11 is 6.33. The molecule has 0 aliphatic rings. The first-order chi connectivity index (χ1) is 9.76. The van der Waals surface area contributed by atoms with Gasteiger partial charge >= 0.3 is 0 Å². The van der Waals surface area contributed by atoms with Gasteiger partial charge in [-0.15, -0.1) is 11.6 Å². The van der Waals surface area contributed by atoms with E-state index in [-0.39, 0.29) is 10.9 Å². The minimum atomic E-state index is -0.138. The van der Waals surface area contributed by atoms with Gasteiger partial charge in [-0.05, 0) is 47.0 Å². The van der Waals surface area contributed by atoms with E-state index in [9.17, 15) is 0 Å². The molecule has 1 aromatic heterocycles. The van der Waals surface area contributed by atoms with Crippen LogP contribution < -0.4 is 4.74 Å². The van der Waals surface area contributed by atoms with Gasteiger partial charge in [-0.2, -0.15) is 0 Å². The molecule has 0 radical (unpaired) electrons. The molecule has 2 rings (SSSR count). The second kappa shape index (κ2) is 5.85. The van der Waals surface area contributed by atoms with Gasteiger partial charge in [0.2, 0.25) is 0 Å². The van der Waals surface area contributed by atoms with Crippen LogP contribution in [-0.2, 0) is 6.54 Å². The van der Waals surface area contributed by atoms with Crippen LogP contribution in [0.1, 0.15) is 32.0 Å². The Morgan fingerprint density at radius 3 is 2.57 bits per heavy atom.